The molecule has 0 bridgehead atoms. The molecule has 0 amide bonds. The van der Waals surface area contributed by atoms with Crippen LogP contribution in [0.5, 0.6) is 0 Å². The zero-order chi connectivity index (χ0) is 13.2. The highest BCUT2D eigenvalue weighted by Crippen LogP contribution is 2.27. The zero-order valence-corrected chi connectivity index (χ0v) is 8.60. The van der Waals surface area contributed by atoms with Crippen molar-refractivity contribution < 1.29 is 18.1 Å². The molecule has 1 aromatic rings. The van der Waals surface area contributed by atoms with Crippen LogP contribution in [-0.2, 0) is 6.54 Å². The Labute approximate surface area is 93.4 Å². The van der Waals surface area contributed by atoms with Gasteiger partial charge in [-0.05, 0) is 11.8 Å². The molecule has 6 nitrogen and oxygen atoms in total. The van der Waals surface area contributed by atoms with Gasteiger partial charge in [-0.15, -0.1) is 0 Å². The maximum atomic E-state index is 12.3. The second kappa shape index (κ2) is 4.40. The lowest BCUT2D eigenvalue weighted by Gasteiger charge is -2.11. The van der Waals surface area contributed by atoms with Crippen LogP contribution in [0.2, 0.25) is 0 Å². The maximum Gasteiger partial charge on any atom is 0.406 e. The van der Waals surface area contributed by atoms with Crippen LogP contribution in [0.1, 0.15) is 5.69 Å². The van der Waals surface area contributed by atoms with Gasteiger partial charge in [0.05, 0.1) is 29.5 Å². The van der Waals surface area contributed by atoms with Crippen LogP contribution < -0.4 is 0 Å². The molecule has 0 aliphatic carbocycles. The Hall–Kier alpha value is -2.11. The highest BCUT2D eigenvalue weighted by Gasteiger charge is 2.41. The molecule has 0 aromatic carbocycles. The monoisotopic (exact) mass is 248 g/mol. The summed E-state index contributed by atoms with van der Waals surface area (Å²) in [6.45, 7) is 0.629. The van der Waals surface area contributed by atoms with Crippen LogP contribution in [0.25, 0.3) is 0 Å². The number of hydrogen-bond acceptors (Lipinski definition) is 4. The lowest BCUT2D eigenvalue weighted by molar-refractivity contribution is -0.389. The molecule has 0 saturated carbocycles. The van der Waals surface area contributed by atoms with Gasteiger partial charge in [-0.25, -0.2) is 0 Å². The normalized spacial score (nSPS) is 13.1. The Balaban J connectivity index is 2.96. The van der Waals surface area contributed by atoms with Crippen molar-refractivity contribution in [2.75, 3.05) is 0 Å². The van der Waals surface area contributed by atoms with Crippen molar-refractivity contribution in [3.63, 3.8) is 0 Å². The van der Waals surface area contributed by atoms with E-state index in [2.05, 4.69) is 5.10 Å². The minimum atomic E-state index is -4.68. The Morgan fingerprint density at radius 2 is 2.29 bits per heavy atom. The SMILES string of the molecule is Cc1cc([N+](=O)[O-])nn1CC(C#N)C(F)(F)F. The highest BCUT2D eigenvalue weighted by atomic mass is 19.4. The van der Waals surface area contributed by atoms with Crippen molar-refractivity contribution in [1.82, 2.24) is 9.78 Å². The van der Waals surface area contributed by atoms with Crippen LogP contribution >= 0.6 is 0 Å². The third-order valence-corrected chi connectivity index (χ3v) is 2.06. The van der Waals surface area contributed by atoms with Gasteiger partial charge >= 0.3 is 12.0 Å². The van der Waals surface area contributed by atoms with Crippen LogP contribution in [0.4, 0.5) is 19.0 Å². The number of halogens is 3. The molecule has 0 radical (unpaired) electrons. The number of aromatic nitrogens is 2. The molecule has 0 spiro atoms. The molecule has 9 heteroatoms. The van der Waals surface area contributed by atoms with E-state index in [0.29, 0.717) is 0 Å². The van der Waals surface area contributed by atoms with E-state index in [-0.39, 0.29) is 5.69 Å². The van der Waals surface area contributed by atoms with Crippen molar-refractivity contribution in [3.8, 4) is 6.07 Å². The van der Waals surface area contributed by atoms with E-state index >= 15 is 0 Å². The van der Waals surface area contributed by atoms with Gasteiger partial charge in [-0.3, -0.25) is 0 Å². The molecular formula is C8H7F3N4O2. The fourth-order valence-corrected chi connectivity index (χ4v) is 1.16. The molecule has 1 unspecified atom stereocenters. The van der Waals surface area contributed by atoms with Gasteiger partial charge in [0.25, 0.3) is 0 Å². The van der Waals surface area contributed by atoms with Gasteiger partial charge in [0.2, 0.25) is 0 Å². The number of nitro groups is 1. The van der Waals surface area contributed by atoms with E-state index in [9.17, 15) is 23.3 Å². The number of hydrogen-bond donors (Lipinski definition) is 0. The predicted molar refractivity (Wildman–Crippen MR) is 48.8 cm³/mol. The fourth-order valence-electron chi connectivity index (χ4n) is 1.16. The minimum Gasteiger partial charge on any atom is -0.358 e. The lowest BCUT2D eigenvalue weighted by atomic mass is 10.1. The van der Waals surface area contributed by atoms with Crippen LogP contribution in [-0.4, -0.2) is 20.9 Å². The molecule has 1 heterocycles. The number of alkyl halides is 3. The van der Waals surface area contributed by atoms with E-state index in [4.69, 9.17) is 5.26 Å². The Kier molecular flexibility index (Phi) is 3.36. The second-order valence-corrected chi connectivity index (χ2v) is 3.31. The molecule has 92 valence electrons. The third kappa shape index (κ3) is 2.93. The van der Waals surface area contributed by atoms with Crippen molar-refractivity contribution in [2.24, 2.45) is 5.92 Å². The van der Waals surface area contributed by atoms with Crippen molar-refractivity contribution in [1.29, 1.82) is 5.26 Å². The molecule has 1 atom stereocenters. The lowest BCUT2D eigenvalue weighted by Crippen LogP contribution is -2.26. The second-order valence-electron chi connectivity index (χ2n) is 3.31. The molecule has 1 rings (SSSR count). The molecule has 0 aliphatic heterocycles. The fraction of sp³-hybridized carbons (Fsp3) is 0.500. The van der Waals surface area contributed by atoms with Gasteiger partial charge in [-0.1, -0.05) is 0 Å². The maximum absolute atomic E-state index is 12.3. The average Bonchev–Trinajstić information content (AvgIpc) is 2.54. The van der Waals surface area contributed by atoms with Crippen molar-refractivity contribution in [3.05, 3.63) is 21.9 Å². The summed E-state index contributed by atoms with van der Waals surface area (Å²) < 4.78 is 37.7. The summed E-state index contributed by atoms with van der Waals surface area (Å²) in [6, 6.07) is 2.15. The van der Waals surface area contributed by atoms with Crippen LogP contribution in [0.15, 0.2) is 6.07 Å². The first kappa shape index (κ1) is 13.0. The number of rotatable bonds is 3. The summed E-state index contributed by atoms with van der Waals surface area (Å²) in [7, 11) is 0. The van der Waals surface area contributed by atoms with E-state index < -0.39 is 29.4 Å². The number of nitriles is 1. The van der Waals surface area contributed by atoms with E-state index in [1.165, 1.54) is 6.92 Å². The standard InChI is InChI=1S/C8H7F3N4O2/c1-5-2-7(15(16)17)13-14(5)4-6(3-12)8(9,10)11/h2,6H,4H2,1H3. The summed E-state index contributed by atoms with van der Waals surface area (Å²) >= 11 is 0. The molecule has 0 fully saturated rings. The molecule has 17 heavy (non-hydrogen) atoms. The van der Waals surface area contributed by atoms with Crippen LogP contribution in [0.3, 0.4) is 0 Å². The van der Waals surface area contributed by atoms with Gasteiger partial charge in [0, 0.05) is 0 Å². The molecule has 1 aromatic heterocycles. The van der Waals surface area contributed by atoms with E-state index in [0.717, 1.165) is 16.8 Å². The summed E-state index contributed by atoms with van der Waals surface area (Å²) in [5.74, 6) is -2.78. The smallest absolute Gasteiger partial charge is 0.358 e. The van der Waals surface area contributed by atoms with Gasteiger partial charge in [-0.2, -0.15) is 23.1 Å². The molecule has 0 saturated heterocycles. The minimum absolute atomic E-state index is 0.196. The Morgan fingerprint density at radius 1 is 1.71 bits per heavy atom. The summed E-state index contributed by atoms with van der Waals surface area (Å²) in [6.07, 6.45) is -4.68. The topological polar surface area (TPSA) is 84.8 Å². The first-order valence-corrected chi connectivity index (χ1v) is 4.41. The number of nitrogens with zero attached hydrogens (tertiary/aromatic N) is 4. The van der Waals surface area contributed by atoms with E-state index in [1.807, 2.05) is 0 Å². The predicted octanol–water partition coefficient (Wildman–Crippen LogP) is 1.80. The van der Waals surface area contributed by atoms with Crippen molar-refractivity contribution >= 4 is 5.82 Å². The summed E-state index contributed by atoms with van der Waals surface area (Å²) in [4.78, 5) is 9.55. The zero-order valence-electron chi connectivity index (χ0n) is 8.60. The largest absolute Gasteiger partial charge is 0.406 e. The van der Waals surface area contributed by atoms with E-state index in [1.54, 1.807) is 0 Å². The first-order chi connectivity index (χ1) is 7.75. The average molecular weight is 248 g/mol. The van der Waals surface area contributed by atoms with Crippen LogP contribution in [0, 0.1) is 34.3 Å². The Bertz CT molecular complexity index is 474. The summed E-state index contributed by atoms with van der Waals surface area (Å²) in [5.41, 5.74) is 0.196. The molecule has 0 N–H and O–H groups in total. The van der Waals surface area contributed by atoms with Gasteiger partial charge < -0.3 is 10.1 Å². The molecule has 0 aliphatic rings. The quantitative estimate of drug-likeness (QED) is 0.603. The third-order valence-electron chi connectivity index (χ3n) is 2.06. The van der Waals surface area contributed by atoms with Gasteiger partial charge in [0.1, 0.15) is 0 Å². The Morgan fingerprint density at radius 3 is 2.65 bits per heavy atom. The van der Waals surface area contributed by atoms with Gasteiger partial charge in [0.15, 0.2) is 5.92 Å². The summed E-state index contributed by atoms with van der Waals surface area (Å²) in [5, 5.41) is 22.1. The van der Waals surface area contributed by atoms with Crippen molar-refractivity contribution in [2.45, 2.75) is 19.6 Å². The first-order valence-electron chi connectivity index (χ1n) is 4.41. The number of aryl methyl sites for hydroxylation is 1. The molecular weight excluding hydrogens is 241 g/mol. The highest BCUT2D eigenvalue weighted by molar-refractivity contribution is 5.21.